The number of ketones is 1. The van der Waals surface area contributed by atoms with Crippen molar-refractivity contribution in [2.24, 2.45) is 5.41 Å². The fourth-order valence-electron chi connectivity index (χ4n) is 11.9. The molecule has 692 valence electrons. The Morgan fingerprint density at radius 2 is 0.642 bits per heavy atom. The number of halogens is 6. The molecule has 19 rings (SSSR count). The summed E-state index contributed by atoms with van der Waals surface area (Å²) in [5, 5.41) is 26.9. The number of nitrogens with zero attached hydrogens (tertiary/aromatic N) is 15. The fourth-order valence-corrected chi connectivity index (χ4v) is 11.9. The molecule has 19 aromatic rings. The quantitative estimate of drug-likeness (QED) is 0.0376. The summed E-state index contributed by atoms with van der Waals surface area (Å²) in [6.45, 7) is 7.19. The van der Waals surface area contributed by atoms with Gasteiger partial charge in [-0.25, -0.2) is 20.4 Å². The predicted octanol–water partition coefficient (Wildman–Crippen LogP) is 23.1. The molecule has 0 aliphatic rings. The third kappa shape index (κ3) is 34.1. The minimum absolute atomic E-state index is 0. The molecule has 0 atom stereocenters. The summed E-state index contributed by atoms with van der Waals surface area (Å²) < 4.78 is 84.6. The van der Waals surface area contributed by atoms with Crippen LogP contribution in [-0.2, 0) is 125 Å². The summed E-state index contributed by atoms with van der Waals surface area (Å²) in [7, 11) is 0. The number of aliphatic hydroxyl groups is 1. The second kappa shape index (κ2) is 59.1. The van der Waals surface area contributed by atoms with Crippen LogP contribution in [0, 0.1) is 89.7 Å². The molecule has 17 nitrogen and oxygen atoms in total. The Balaban J connectivity index is 0.000000267. The number of hydrogen-bond acceptors (Lipinski definition) is 13. The summed E-state index contributed by atoms with van der Waals surface area (Å²) >= 11 is 0. The van der Waals surface area contributed by atoms with Gasteiger partial charge in [0, 0.05) is 235 Å². The Morgan fingerprint density at radius 3 is 0.925 bits per heavy atom. The van der Waals surface area contributed by atoms with E-state index in [0.29, 0.717) is 17.1 Å². The summed E-state index contributed by atoms with van der Waals surface area (Å²) in [5.41, 5.74) is 13.3. The van der Waals surface area contributed by atoms with Gasteiger partial charge < -0.3 is 58.4 Å². The van der Waals surface area contributed by atoms with E-state index < -0.39 is 41.6 Å². The SMILES string of the molecule is CC(=O)C=C(O)C(C)(C)C.Cc1cccnc1-c1[c-]cccc1.Fc1c[c-]c(-c2ccccn2)c(F)c1.Fc1c[c-]c(-c2ccccn2)c(F)c1.Fc1c[c-]c(-c2ccccn2)c(F)c1.[Ir].[Ir].[Ir].[Ir].[Ir].[Ir].[c-]1ccc(-c2ccccc2)cc1-c1ccccn1.[c-]1ccccc1-c1ccccn1.[c-]1ccccc1-c1ccccn1.c1cnn([B-](n2cccn2)(n2cccn2)n2cccn2)c1. The first-order valence-electron chi connectivity index (χ1n) is 39.9. The van der Waals surface area contributed by atoms with E-state index in [2.05, 4.69) is 135 Å². The Kier molecular flexibility index (Phi) is 49.4. The summed E-state index contributed by atoms with van der Waals surface area (Å²) in [5.74, 6) is -3.84. The molecule has 1 N–H and O–H groups in total. The smallest absolute Gasteiger partial charge is 0.466 e. The molecular weight excluding hydrogens is 2770 g/mol. The molecule has 8 aromatic carbocycles. The van der Waals surface area contributed by atoms with Crippen LogP contribution in [0.25, 0.3) is 89.9 Å². The van der Waals surface area contributed by atoms with Crippen molar-refractivity contribution in [1.29, 1.82) is 0 Å². The van der Waals surface area contributed by atoms with Gasteiger partial charge in [-0.2, -0.15) is 0 Å². The number of carbonyl (C=O) groups excluding carboxylic acids is 1. The molecule has 0 unspecified atom stereocenters. The van der Waals surface area contributed by atoms with Crippen LogP contribution in [0.3, 0.4) is 0 Å². The summed E-state index contributed by atoms with van der Waals surface area (Å²) in [6, 6.07) is 110. The van der Waals surface area contributed by atoms with E-state index in [-0.39, 0.29) is 154 Å². The maximum Gasteiger partial charge on any atom is 0.466 e. The molecule has 134 heavy (non-hydrogen) atoms. The van der Waals surface area contributed by atoms with Crippen LogP contribution in [0.2, 0.25) is 0 Å². The number of aromatic nitrogens is 15. The summed E-state index contributed by atoms with van der Waals surface area (Å²) in [4.78, 5) is 39.4. The van der Waals surface area contributed by atoms with Crippen LogP contribution in [-0.4, -0.2) is 91.2 Å². The molecule has 0 spiro atoms. The molecule has 0 aliphatic carbocycles. The molecule has 6 radical (unpaired) electrons. The maximum atomic E-state index is 13.2. The van der Waals surface area contributed by atoms with Crippen LogP contribution in [0.15, 0.2) is 408 Å². The number of allylic oxidation sites excluding steroid dienone is 2. The van der Waals surface area contributed by atoms with Gasteiger partial charge in [-0.05, 0) is 151 Å². The zero-order valence-corrected chi connectivity index (χ0v) is 86.4. The van der Waals surface area contributed by atoms with E-state index in [1.165, 1.54) is 29.7 Å². The number of pyridine rings is 7. The average molecular weight is 2850 g/mol. The van der Waals surface area contributed by atoms with Crippen LogP contribution in [0.4, 0.5) is 26.3 Å². The first-order valence-corrected chi connectivity index (χ1v) is 39.9. The van der Waals surface area contributed by atoms with Gasteiger partial charge in [0.05, 0.1) is 0 Å². The number of hydrogen-bond donors (Lipinski definition) is 1. The van der Waals surface area contributed by atoms with E-state index >= 15 is 0 Å². The van der Waals surface area contributed by atoms with Crippen molar-refractivity contribution >= 4 is 12.5 Å². The molecule has 30 heteroatoms. The number of rotatable bonds is 13. The Bertz CT molecular complexity index is 5940. The van der Waals surface area contributed by atoms with E-state index in [4.69, 9.17) is 0 Å². The van der Waals surface area contributed by atoms with Crippen LogP contribution < -0.4 is 0 Å². The van der Waals surface area contributed by atoms with E-state index in [1.807, 2.05) is 252 Å². The first-order chi connectivity index (χ1) is 62.3. The van der Waals surface area contributed by atoms with Crippen molar-refractivity contribution in [3.05, 3.63) is 491 Å². The summed E-state index contributed by atoms with van der Waals surface area (Å²) in [6.07, 6.45) is 27.5. The predicted molar refractivity (Wildman–Crippen MR) is 487 cm³/mol. The van der Waals surface area contributed by atoms with Crippen LogP contribution in [0.5, 0.6) is 0 Å². The van der Waals surface area contributed by atoms with Crippen molar-refractivity contribution in [2.45, 2.75) is 34.6 Å². The maximum absolute atomic E-state index is 13.2. The van der Waals surface area contributed by atoms with Gasteiger partial charge in [0.25, 0.3) is 0 Å². The second-order valence-electron chi connectivity index (χ2n) is 28.3. The van der Waals surface area contributed by atoms with Crippen molar-refractivity contribution in [3.8, 4) is 89.9 Å². The third-order valence-electron chi connectivity index (χ3n) is 18.1. The minimum Gasteiger partial charge on any atom is -0.512 e. The minimum atomic E-state index is -1.83. The number of carbonyl (C=O) groups is 1. The molecule has 0 bridgehead atoms. The normalized spacial score (nSPS) is 10.1. The Morgan fingerprint density at radius 1 is 0.328 bits per heavy atom. The molecule has 0 fully saturated rings. The van der Waals surface area contributed by atoms with Gasteiger partial charge in [0.2, 0.25) is 0 Å². The van der Waals surface area contributed by atoms with E-state index in [9.17, 15) is 36.2 Å². The molecule has 0 saturated heterocycles. The molecule has 0 aliphatic heterocycles. The first kappa shape index (κ1) is 112. The van der Waals surface area contributed by atoms with E-state index in [0.717, 1.165) is 81.4 Å². The van der Waals surface area contributed by atoms with Gasteiger partial charge in [-0.1, -0.05) is 170 Å². The standard InChI is InChI=1S/C17H12N.C12H12BN8.C12H10N.3C11H6F2N.2C11H8N.C8H14O2.6Ir/c1-2-7-14(8-3-1)15-9-6-10-16(13-15)17-11-4-5-12-18-17;1-5-14-18(9-1)13(19-10-2-6-15-19,20-11-3-7-16-20)21-12-4-8-17-21;1-10-6-5-9-13-12(10)11-7-3-2-4-8-11;3*12-8-4-5-9(10(13)7-8)11-3-1-2-6-14-11;2*1-2-6-10(7-3-1)11-8-4-5-9-12-11;1-6(9)5-7(10)8(2,3)4;;;;;;/h1-9,11-13H;1-12H;2-7,9H,1H3;3*1-4,6-7H;2*1-6,8-9H;5,10H,1-4H3;;;;;;/q8*-1;;;;;;;. The zero-order valence-electron chi connectivity index (χ0n) is 72.0. The van der Waals surface area contributed by atoms with Gasteiger partial charge in [-0.15, -0.1) is 179 Å². The zero-order chi connectivity index (χ0) is 90.1. The van der Waals surface area contributed by atoms with Crippen molar-refractivity contribution in [2.75, 3.05) is 0 Å². The fraction of sp³-hybridized carbons (Fsp3) is 0.0577. The van der Waals surface area contributed by atoms with Crippen molar-refractivity contribution < 1.29 is 157 Å². The van der Waals surface area contributed by atoms with Crippen LogP contribution >= 0.6 is 0 Å². The topological polar surface area (TPSA) is 199 Å². The average Bonchev–Trinajstić information content (AvgIpc) is 1.57. The van der Waals surface area contributed by atoms with Gasteiger partial charge >= 0.3 is 6.69 Å². The van der Waals surface area contributed by atoms with Crippen molar-refractivity contribution in [1.82, 2.24) is 73.7 Å². The second-order valence-corrected chi connectivity index (χ2v) is 28.3. The van der Waals surface area contributed by atoms with E-state index in [1.54, 1.807) is 117 Å². The van der Waals surface area contributed by atoms with Gasteiger partial charge in [0.15, 0.2) is 5.78 Å². The Hall–Kier alpha value is -12.6. The Labute approximate surface area is 856 Å². The number of aliphatic hydroxyl groups excluding tert-OH is 1. The van der Waals surface area contributed by atoms with Gasteiger partial charge in [0.1, 0.15) is 5.76 Å². The molecule has 0 saturated carbocycles. The molecular formula is C104H82BF6Ir6N15O2-8. The molecule has 11 heterocycles. The third-order valence-corrected chi connectivity index (χ3v) is 18.1. The monoisotopic (exact) mass is 2860 g/mol. The molecule has 11 aromatic heterocycles. The number of benzene rings is 8. The largest absolute Gasteiger partial charge is 0.512 e. The van der Waals surface area contributed by atoms with Crippen molar-refractivity contribution in [3.63, 3.8) is 0 Å². The van der Waals surface area contributed by atoms with Gasteiger partial charge in [-0.3, -0.25) is 31.1 Å². The van der Waals surface area contributed by atoms with Crippen LogP contribution in [0.1, 0.15) is 33.3 Å². The molecule has 0 amide bonds. The number of aryl methyl sites for hydroxylation is 1.